The Balaban J connectivity index is 1.78. The predicted octanol–water partition coefficient (Wildman–Crippen LogP) is 3.17. The highest BCUT2D eigenvalue weighted by Crippen LogP contribution is 2.27. The van der Waals surface area contributed by atoms with E-state index in [2.05, 4.69) is 19.2 Å². The molecule has 26 heavy (non-hydrogen) atoms. The van der Waals surface area contributed by atoms with E-state index in [4.69, 9.17) is 0 Å². The number of amides is 1. The van der Waals surface area contributed by atoms with Crippen molar-refractivity contribution in [2.24, 2.45) is 11.8 Å². The molecule has 1 heterocycles. The maximum atomic E-state index is 13.8. The van der Waals surface area contributed by atoms with Crippen LogP contribution in [-0.4, -0.2) is 38.3 Å². The Morgan fingerprint density at radius 2 is 1.92 bits per heavy atom. The first-order valence-corrected chi connectivity index (χ1v) is 10.8. The van der Waals surface area contributed by atoms with E-state index < -0.39 is 15.8 Å². The Bertz CT molecular complexity index is 698. The molecule has 1 aromatic carbocycles. The SMILES string of the molecule is CC(C)CCNC(=O)CCC1CCN(S(=O)(=O)c2ccccc2F)CC1. The number of carbonyl (C=O) groups is 1. The molecule has 0 bridgehead atoms. The van der Waals surface area contributed by atoms with E-state index >= 15 is 0 Å². The van der Waals surface area contributed by atoms with Crippen molar-refractivity contribution in [2.75, 3.05) is 19.6 Å². The fourth-order valence-electron chi connectivity index (χ4n) is 3.16. The van der Waals surface area contributed by atoms with Gasteiger partial charge in [-0.2, -0.15) is 4.31 Å². The van der Waals surface area contributed by atoms with Crippen LogP contribution in [0.3, 0.4) is 0 Å². The Labute approximate surface area is 156 Å². The third-order valence-electron chi connectivity index (χ3n) is 4.85. The summed E-state index contributed by atoms with van der Waals surface area (Å²) in [6.07, 6.45) is 3.61. The average Bonchev–Trinajstić information content (AvgIpc) is 2.60. The fraction of sp³-hybridized carbons (Fsp3) is 0.632. The topological polar surface area (TPSA) is 66.5 Å². The molecule has 1 fully saturated rings. The summed E-state index contributed by atoms with van der Waals surface area (Å²) in [5.41, 5.74) is 0. The van der Waals surface area contributed by atoms with Crippen LogP contribution >= 0.6 is 0 Å². The number of carbonyl (C=O) groups excluding carboxylic acids is 1. The number of nitrogens with zero attached hydrogens (tertiary/aromatic N) is 1. The van der Waals surface area contributed by atoms with Crippen molar-refractivity contribution in [1.29, 1.82) is 0 Å². The number of hydrogen-bond acceptors (Lipinski definition) is 3. The molecule has 0 spiro atoms. The summed E-state index contributed by atoms with van der Waals surface area (Å²) < 4.78 is 40.3. The van der Waals surface area contributed by atoms with Gasteiger partial charge in [-0.3, -0.25) is 4.79 Å². The maximum absolute atomic E-state index is 13.8. The summed E-state index contributed by atoms with van der Waals surface area (Å²) in [5, 5.41) is 2.93. The summed E-state index contributed by atoms with van der Waals surface area (Å²) in [4.78, 5) is 11.6. The van der Waals surface area contributed by atoms with Crippen molar-refractivity contribution in [2.45, 2.75) is 50.8 Å². The van der Waals surface area contributed by atoms with Gasteiger partial charge in [0.25, 0.3) is 0 Å². The van der Waals surface area contributed by atoms with Crippen LogP contribution in [0.2, 0.25) is 0 Å². The van der Waals surface area contributed by atoms with Crippen LogP contribution in [0.1, 0.15) is 46.0 Å². The van der Waals surface area contributed by atoms with Gasteiger partial charge < -0.3 is 5.32 Å². The number of piperidine rings is 1. The van der Waals surface area contributed by atoms with Crippen molar-refractivity contribution in [3.8, 4) is 0 Å². The Kier molecular flexibility index (Phi) is 7.58. The van der Waals surface area contributed by atoms with E-state index in [0.29, 0.717) is 50.7 Å². The normalized spacial score (nSPS) is 16.8. The minimum atomic E-state index is -3.79. The first-order valence-electron chi connectivity index (χ1n) is 9.32. The molecule has 1 saturated heterocycles. The van der Waals surface area contributed by atoms with Crippen LogP contribution in [0.5, 0.6) is 0 Å². The van der Waals surface area contributed by atoms with Crippen LogP contribution in [-0.2, 0) is 14.8 Å². The molecule has 0 saturated carbocycles. The summed E-state index contributed by atoms with van der Waals surface area (Å²) >= 11 is 0. The van der Waals surface area contributed by atoms with Gasteiger partial charge in [0.05, 0.1) is 0 Å². The third kappa shape index (κ3) is 5.77. The molecule has 0 radical (unpaired) electrons. The number of sulfonamides is 1. The highest BCUT2D eigenvalue weighted by atomic mass is 32.2. The lowest BCUT2D eigenvalue weighted by Crippen LogP contribution is -2.39. The second-order valence-electron chi connectivity index (χ2n) is 7.35. The molecule has 0 atom stereocenters. The number of halogens is 1. The summed E-state index contributed by atoms with van der Waals surface area (Å²) in [6.45, 7) is 5.69. The quantitative estimate of drug-likeness (QED) is 0.749. The molecule has 1 aliphatic heterocycles. The smallest absolute Gasteiger partial charge is 0.245 e. The van der Waals surface area contributed by atoms with Gasteiger partial charge in [0.2, 0.25) is 15.9 Å². The van der Waals surface area contributed by atoms with Gasteiger partial charge in [-0.1, -0.05) is 26.0 Å². The van der Waals surface area contributed by atoms with Crippen LogP contribution in [0, 0.1) is 17.7 Å². The lowest BCUT2D eigenvalue weighted by Gasteiger charge is -2.31. The average molecular weight is 385 g/mol. The molecule has 1 amide bonds. The summed E-state index contributed by atoms with van der Waals surface area (Å²) in [5.74, 6) is 0.244. The van der Waals surface area contributed by atoms with Gasteiger partial charge >= 0.3 is 0 Å². The van der Waals surface area contributed by atoms with E-state index in [9.17, 15) is 17.6 Å². The first kappa shape index (κ1) is 20.8. The van der Waals surface area contributed by atoms with Gasteiger partial charge in [-0.15, -0.1) is 0 Å². The Hall–Kier alpha value is -1.47. The Morgan fingerprint density at radius 3 is 2.54 bits per heavy atom. The van der Waals surface area contributed by atoms with Crippen LogP contribution < -0.4 is 5.32 Å². The lowest BCUT2D eigenvalue weighted by atomic mass is 9.93. The van der Waals surface area contributed by atoms with Crippen molar-refractivity contribution >= 4 is 15.9 Å². The fourth-order valence-corrected chi connectivity index (χ4v) is 4.69. The minimum absolute atomic E-state index is 0.0621. The first-order chi connectivity index (χ1) is 12.3. The standard InChI is InChI=1S/C19H29FN2O3S/c1-15(2)9-12-21-19(23)8-7-16-10-13-22(14-11-16)26(24,25)18-6-4-3-5-17(18)20/h3-6,15-16H,7-14H2,1-2H3,(H,21,23). The molecular weight excluding hydrogens is 355 g/mol. The zero-order valence-electron chi connectivity index (χ0n) is 15.6. The molecule has 1 aliphatic rings. The molecule has 0 aromatic heterocycles. The van der Waals surface area contributed by atoms with E-state index in [-0.39, 0.29) is 10.8 Å². The highest BCUT2D eigenvalue weighted by Gasteiger charge is 2.31. The highest BCUT2D eigenvalue weighted by molar-refractivity contribution is 7.89. The second kappa shape index (κ2) is 9.46. The van der Waals surface area contributed by atoms with E-state index in [1.54, 1.807) is 0 Å². The second-order valence-corrected chi connectivity index (χ2v) is 9.26. The lowest BCUT2D eigenvalue weighted by molar-refractivity contribution is -0.121. The third-order valence-corrected chi connectivity index (χ3v) is 6.78. The van der Waals surface area contributed by atoms with Crippen molar-refractivity contribution in [1.82, 2.24) is 9.62 Å². The molecular formula is C19H29FN2O3S. The van der Waals surface area contributed by atoms with Gasteiger partial charge in [-0.05, 0) is 49.7 Å². The van der Waals surface area contributed by atoms with Crippen molar-refractivity contribution < 1.29 is 17.6 Å². The number of benzene rings is 1. The van der Waals surface area contributed by atoms with Crippen LogP contribution in [0.4, 0.5) is 4.39 Å². The van der Waals surface area contributed by atoms with Gasteiger partial charge in [0.1, 0.15) is 10.7 Å². The Morgan fingerprint density at radius 1 is 1.27 bits per heavy atom. The molecule has 2 rings (SSSR count). The zero-order chi connectivity index (χ0) is 19.2. The summed E-state index contributed by atoms with van der Waals surface area (Å²) in [6, 6.07) is 5.48. The van der Waals surface area contributed by atoms with Gasteiger partial charge in [0, 0.05) is 26.1 Å². The predicted molar refractivity (Wildman–Crippen MR) is 99.6 cm³/mol. The molecule has 5 nitrogen and oxygen atoms in total. The number of hydrogen-bond donors (Lipinski definition) is 1. The summed E-state index contributed by atoms with van der Waals surface area (Å²) in [7, 11) is -3.79. The minimum Gasteiger partial charge on any atom is -0.356 e. The van der Waals surface area contributed by atoms with Crippen molar-refractivity contribution in [3.63, 3.8) is 0 Å². The van der Waals surface area contributed by atoms with Crippen LogP contribution in [0.15, 0.2) is 29.2 Å². The monoisotopic (exact) mass is 384 g/mol. The molecule has 146 valence electrons. The van der Waals surface area contributed by atoms with Crippen LogP contribution in [0.25, 0.3) is 0 Å². The molecule has 1 aromatic rings. The van der Waals surface area contributed by atoms with Gasteiger partial charge in [-0.25, -0.2) is 12.8 Å². The number of nitrogens with one attached hydrogen (secondary N) is 1. The molecule has 7 heteroatoms. The molecule has 0 aliphatic carbocycles. The molecule has 1 N–H and O–H groups in total. The number of rotatable bonds is 8. The zero-order valence-corrected chi connectivity index (χ0v) is 16.4. The van der Waals surface area contributed by atoms with E-state index in [0.717, 1.165) is 18.9 Å². The van der Waals surface area contributed by atoms with E-state index in [1.807, 2.05) is 0 Å². The maximum Gasteiger partial charge on any atom is 0.245 e. The largest absolute Gasteiger partial charge is 0.356 e. The van der Waals surface area contributed by atoms with E-state index in [1.165, 1.54) is 22.5 Å². The van der Waals surface area contributed by atoms with Gasteiger partial charge in [0.15, 0.2) is 0 Å². The van der Waals surface area contributed by atoms with Crippen molar-refractivity contribution in [3.05, 3.63) is 30.1 Å². The molecule has 0 unspecified atom stereocenters.